The molecule has 156 valence electrons. The van der Waals surface area contributed by atoms with Crippen molar-refractivity contribution in [3.05, 3.63) is 63.6 Å². The van der Waals surface area contributed by atoms with Gasteiger partial charge in [-0.2, -0.15) is 5.10 Å². The van der Waals surface area contributed by atoms with Crippen molar-refractivity contribution in [2.75, 3.05) is 27.2 Å². The number of carboxylic acid groups (broad SMARTS) is 1. The molecule has 7 nitrogen and oxygen atoms in total. The molecule has 0 aromatic heterocycles. The first-order valence-electron chi connectivity index (χ1n) is 9.22. The van der Waals surface area contributed by atoms with Crippen LogP contribution in [-0.2, 0) is 4.79 Å². The lowest BCUT2D eigenvalue weighted by atomic mass is 10.0. The number of halogens is 2. The van der Waals surface area contributed by atoms with E-state index in [1.54, 1.807) is 24.3 Å². The molecule has 1 heterocycles. The van der Waals surface area contributed by atoms with Crippen LogP contribution in [-0.4, -0.2) is 60.4 Å². The number of nitrogens with one attached hydrogen (secondary N) is 1. The summed E-state index contributed by atoms with van der Waals surface area (Å²) in [6.07, 6.45) is 0.295. The molecule has 1 aliphatic heterocycles. The topological polar surface area (TPSA) is 89.6 Å². The fourth-order valence-electron chi connectivity index (χ4n) is 2.83. The normalized spacial score (nSPS) is 14.0. The Bertz CT molecular complexity index is 1050. The van der Waals surface area contributed by atoms with Crippen molar-refractivity contribution >= 4 is 52.1 Å². The van der Waals surface area contributed by atoms with Crippen LogP contribution in [0, 0.1) is 0 Å². The van der Waals surface area contributed by atoms with E-state index in [4.69, 9.17) is 23.2 Å². The number of nitrogens with zero attached hydrogens (tertiary/aromatic N) is 4. The summed E-state index contributed by atoms with van der Waals surface area (Å²) in [5, 5.41) is 14.6. The fourth-order valence-corrected chi connectivity index (χ4v) is 3.23. The largest absolute Gasteiger partial charge is 0.477 e. The predicted octanol–water partition coefficient (Wildman–Crippen LogP) is 3.86. The van der Waals surface area contributed by atoms with Crippen LogP contribution in [0.15, 0.2) is 57.6 Å². The summed E-state index contributed by atoms with van der Waals surface area (Å²) in [7, 11) is 3.74. The number of amidine groups is 1. The smallest absolute Gasteiger partial charge is 0.352 e. The average Bonchev–Trinajstić information content (AvgIpc) is 2.87. The second-order valence-corrected chi connectivity index (χ2v) is 7.74. The van der Waals surface area contributed by atoms with Crippen LogP contribution in [0.25, 0.3) is 0 Å². The molecule has 0 aliphatic carbocycles. The fraction of sp³-hybridized carbons (Fsp3) is 0.238. The lowest BCUT2D eigenvalue weighted by Gasteiger charge is -2.10. The van der Waals surface area contributed by atoms with Crippen molar-refractivity contribution in [3.8, 4) is 0 Å². The van der Waals surface area contributed by atoms with E-state index in [0.717, 1.165) is 11.1 Å². The van der Waals surface area contributed by atoms with Crippen molar-refractivity contribution in [2.24, 2.45) is 15.1 Å². The Labute approximate surface area is 184 Å². The summed E-state index contributed by atoms with van der Waals surface area (Å²) in [6.45, 7) is 0.742. The number of rotatable bonds is 6. The number of hydrogen-bond acceptors (Lipinski definition) is 6. The van der Waals surface area contributed by atoms with Crippen LogP contribution in [0.4, 0.5) is 5.69 Å². The maximum atomic E-state index is 11.5. The van der Waals surface area contributed by atoms with Gasteiger partial charge in [-0.25, -0.2) is 9.79 Å². The van der Waals surface area contributed by atoms with E-state index in [-0.39, 0.29) is 12.3 Å². The van der Waals surface area contributed by atoms with E-state index in [0.29, 0.717) is 40.2 Å². The third kappa shape index (κ3) is 5.44. The van der Waals surface area contributed by atoms with E-state index in [9.17, 15) is 9.90 Å². The Morgan fingerprint density at radius 1 is 1.20 bits per heavy atom. The molecule has 0 radical (unpaired) electrons. The number of fused-ring (bicyclic) bond motifs is 1. The second kappa shape index (κ2) is 9.84. The molecule has 1 aliphatic rings. The first-order valence-corrected chi connectivity index (χ1v) is 9.98. The molecular formula is C21H21Cl2N5O2. The second-order valence-electron chi connectivity index (χ2n) is 6.89. The zero-order chi connectivity index (χ0) is 21.7. The molecule has 2 aromatic rings. The lowest BCUT2D eigenvalue weighted by molar-refractivity contribution is -0.129. The first-order chi connectivity index (χ1) is 14.3. The number of carbonyl (C=O) groups is 1. The van der Waals surface area contributed by atoms with Crippen LogP contribution in [0.5, 0.6) is 0 Å². The van der Waals surface area contributed by atoms with Crippen molar-refractivity contribution in [2.45, 2.75) is 6.42 Å². The van der Waals surface area contributed by atoms with Gasteiger partial charge in [-0.15, -0.1) is 0 Å². The van der Waals surface area contributed by atoms with Gasteiger partial charge in [0.2, 0.25) is 0 Å². The lowest BCUT2D eigenvalue weighted by Crippen LogP contribution is -2.27. The van der Waals surface area contributed by atoms with Gasteiger partial charge in [0.25, 0.3) is 0 Å². The van der Waals surface area contributed by atoms with Crippen LogP contribution in [0.2, 0.25) is 10.0 Å². The quantitative estimate of drug-likeness (QED) is 0.521. The van der Waals surface area contributed by atoms with E-state index >= 15 is 0 Å². The molecule has 0 atom stereocenters. The Morgan fingerprint density at radius 3 is 2.67 bits per heavy atom. The minimum Gasteiger partial charge on any atom is -0.477 e. The Kier molecular flexibility index (Phi) is 7.20. The summed E-state index contributed by atoms with van der Waals surface area (Å²) >= 11 is 12.6. The van der Waals surface area contributed by atoms with Crippen LogP contribution in [0.3, 0.4) is 0 Å². The van der Waals surface area contributed by atoms with Gasteiger partial charge in [-0.05, 0) is 38.4 Å². The maximum Gasteiger partial charge on any atom is 0.352 e. The molecule has 2 N–H and O–H groups in total. The highest BCUT2D eigenvalue weighted by atomic mass is 35.5. The molecule has 0 spiro atoms. The minimum absolute atomic E-state index is 0.0160. The molecule has 0 amide bonds. The summed E-state index contributed by atoms with van der Waals surface area (Å²) in [5.41, 5.74) is 5.59. The molecule has 0 unspecified atom stereocenters. The van der Waals surface area contributed by atoms with Gasteiger partial charge >= 0.3 is 5.97 Å². The highest BCUT2D eigenvalue weighted by Gasteiger charge is 2.19. The zero-order valence-electron chi connectivity index (χ0n) is 16.6. The van der Waals surface area contributed by atoms with E-state index in [2.05, 4.69) is 20.5 Å². The average molecular weight is 446 g/mol. The van der Waals surface area contributed by atoms with Crippen molar-refractivity contribution in [1.82, 2.24) is 10.3 Å². The highest BCUT2D eigenvalue weighted by molar-refractivity contribution is 6.37. The zero-order valence-corrected chi connectivity index (χ0v) is 18.1. The first kappa shape index (κ1) is 22.0. The molecule has 0 bridgehead atoms. The van der Waals surface area contributed by atoms with Crippen molar-refractivity contribution < 1.29 is 9.90 Å². The number of hydrogen-bond donors (Lipinski definition) is 2. The molecule has 0 saturated heterocycles. The van der Waals surface area contributed by atoms with Gasteiger partial charge in [0.05, 0.1) is 17.9 Å². The van der Waals surface area contributed by atoms with Crippen LogP contribution in [0.1, 0.15) is 17.5 Å². The third-order valence-electron chi connectivity index (χ3n) is 4.35. The third-order valence-corrected chi connectivity index (χ3v) is 4.91. The Morgan fingerprint density at radius 2 is 1.97 bits per heavy atom. The monoisotopic (exact) mass is 445 g/mol. The Balaban J connectivity index is 1.96. The van der Waals surface area contributed by atoms with Gasteiger partial charge in [0.1, 0.15) is 11.5 Å². The molecule has 3 rings (SSSR count). The maximum absolute atomic E-state index is 11.5. The molecule has 30 heavy (non-hydrogen) atoms. The van der Waals surface area contributed by atoms with E-state index in [1.165, 1.54) is 0 Å². The summed E-state index contributed by atoms with van der Waals surface area (Å²) in [6, 6.07) is 12.7. The molecule has 0 saturated carbocycles. The predicted molar refractivity (Wildman–Crippen MR) is 122 cm³/mol. The summed E-state index contributed by atoms with van der Waals surface area (Å²) in [5.74, 6) is -0.657. The van der Waals surface area contributed by atoms with Gasteiger partial charge in [0.15, 0.2) is 0 Å². The highest BCUT2D eigenvalue weighted by Crippen LogP contribution is 2.30. The summed E-state index contributed by atoms with van der Waals surface area (Å²) < 4.78 is 0. The van der Waals surface area contributed by atoms with E-state index < -0.39 is 5.97 Å². The number of aliphatic imine (C=N–C) groups is 2. The standard InChI is InChI=1S/C21H21Cl2N5O2/c1-28(2)10-9-18(21(29)30)26-27-19-12-24-20(14-5-3-4-6-16(14)23)15-11-13(22)7-8-17(15)25-19/h3-8,11H,9-10,12H2,1-2H3,(H,25,27)(H,29,30). The van der Waals surface area contributed by atoms with Gasteiger partial charge in [-0.3, -0.25) is 10.4 Å². The van der Waals surface area contributed by atoms with Gasteiger partial charge in [0, 0.05) is 34.1 Å². The van der Waals surface area contributed by atoms with Gasteiger partial charge < -0.3 is 10.0 Å². The molecule has 9 heteroatoms. The number of aliphatic carboxylic acids is 1. The SMILES string of the molecule is CN(C)CCC(=NNC1=Nc2ccc(Cl)cc2C(c2ccccc2Cl)=NC1)C(=O)O. The van der Waals surface area contributed by atoms with Crippen molar-refractivity contribution in [3.63, 3.8) is 0 Å². The van der Waals surface area contributed by atoms with E-state index in [1.807, 2.05) is 37.2 Å². The Hall–Kier alpha value is -2.74. The number of carboxylic acids is 1. The van der Waals surface area contributed by atoms with Gasteiger partial charge in [-0.1, -0.05) is 41.4 Å². The van der Waals surface area contributed by atoms with Crippen LogP contribution >= 0.6 is 23.2 Å². The minimum atomic E-state index is -1.08. The number of benzene rings is 2. The molecular weight excluding hydrogens is 425 g/mol. The molecule has 0 fully saturated rings. The van der Waals surface area contributed by atoms with Crippen molar-refractivity contribution in [1.29, 1.82) is 0 Å². The van der Waals surface area contributed by atoms with Crippen LogP contribution < -0.4 is 5.43 Å². The number of hydrazone groups is 1. The summed E-state index contributed by atoms with van der Waals surface area (Å²) in [4.78, 5) is 22.6. The molecule has 2 aromatic carbocycles.